The van der Waals surface area contributed by atoms with E-state index >= 15 is 0 Å². The van der Waals surface area contributed by atoms with Gasteiger partial charge in [-0.05, 0) is 12.8 Å². The Bertz CT molecular complexity index is 50.3. The minimum absolute atomic E-state index is 0.775. The molecule has 0 rings (SSSR count). The highest BCUT2D eigenvalue weighted by atomic mass is 16.5. The molecule has 0 heterocycles. The molecule has 0 aromatic carbocycles. The van der Waals surface area contributed by atoms with E-state index in [-0.39, 0.29) is 0 Å². The summed E-state index contributed by atoms with van der Waals surface area (Å²) in [4.78, 5) is 0. The highest BCUT2D eigenvalue weighted by molar-refractivity contribution is 4.61. The van der Waals surface area contributed by atoms with Crippen molar-refractivity contribution in [2.24, 2.45) is 0 Å². The van der Waals surface area contributed by atoms with Gasteiger partial charge in [-0.3, -0.25) is 0 Å². The van der Waals surface area contributed by atoms with E-state index in [1.54, 1.807) is 0 Å². The average Bonchev–Trinajstić information content (AvgIpc) is 1.81. The Labute approximate surface area is 51.4 Å². The molecule has 0 aliphatic heterocycles. The lowest BCUT2D eigenvalue weighted by atomic mass is 10.3. The van der Waals surface area contributed by atoms with Gasteiger partial charge in [-0.2, -0.15) is 0 Å². The SMILES string of the molecule is C=COCC[CH]CC. The summed E-state index contributed by atoms with van der Waals surface area (Å²) in [6.07, 6.45) is 5.82. The van der Waals surface area contributed by atoms with Gasteiger partial charge >= 0.3 is 0 Å². The minimum Gasteiger partial charge on any atom is -0.502 e. The fourth-order valence-electron chi connectivity index (χ4n) is 0.439. The van der Waals surface area contributed by atoms with E-state index in [0.29, 0.717) is 0 Å². The first kappa shape index (κ1) is 7.54. The molecule has 0 aromatic rings. The van der Waals surface area contributed by atoms with Crippen molar-refractivity contribution >= 4 is 0 Å². The molecule has 0 aliphatic carbocycles. The lowest BCUT2D eigenvalue weighted by Gasteiger charge is -1.95. The molecule has 47 valence electrons. The van der Waals surface area contributed by atoms with Crippen LogP contribution in [-0.2, 0) is 4.74 Å². The number of hydrogen-bond donors (Lipinski definition) is 0. The first-order chi connectivity index (χ1) is 3.91. The maximum atomic E-state index is 4.87. The zero-order chi connectivity index (χ0) is 6.24. The molecule has 0 fully saturated rings. The van der Waals surface area contributed by atoms with Crippen molar-refractivity contribution in [3.05, 3.63) is 19.3 Å². The summed E-state index contributed by atoms with van der Waals surface area (Å²) in [5, 5.41) is 0. The normalized spacial score (nSPS) is 8.62. The molecule has 0 saturated heterocycles. The highest BCUT2D eigenvalue weighted by Gasteiger charge is 1.81. The largest absolute Gasteiger partial charge is 0.502 e. The summed E-state index contributed by atoms with van der Waals surface area (Å²) in [6, 6.07) is 0. The van der Waals surface area contributed by atoms with Crippen molar-refractivity contribution in [3.8, 4) is 0 Å². The van der Waals surface area contributed by atoms with Crippen molar-refractivity contribution in [2.75, 3.05) is 6.61 Å². The Morgan fingerprint density at radius 1 is 1.62 bits per heavy atom. The van der Waals surface area contributed by atoms with Gasteiger partial charge in [0, 0.05) is 0 Å². The van der Waals surface area contributed by atoms with Crippen LogP contribution >= 0.6 is 0 Å². The van der Waals surface area contributed by atoms with Crippen molar-refractivity contribution in [2.45, 2.75) is 19.8 Å². The van der Waals surface area contributed by atoms with Gasteiger partial charge in [-0.15, -0.1) is 0 Å². The average molecular weight is 113 g/mol. The van der Waals surface area contributed by atoms with Gasteiger partial charge in [0.2, 0.25) is 0 Å². The molecule has 0 N–H and O–H groups in total. The lowest BCUT2D eigenvalue weighted by Crippen LogP contribution is -1.85. The first-order valence-electron chi connectivity index (χ1n) is 2.96. The van der Waals surface area contributed by atoms with E-state index in [4.69, 9.17) is 4.74 Å². The standard InChI is InChI=1S/C7H13O/c1-3-5-6-7-8-4-2/h4-5H,2-3,6-7H2,1H3. The quantitative estimate of drug-likeness (QED) is 0.392. The Hall–Kier alpha value is -0.460. The summed E-state index contributed by atoms with van der Waals surface area (Å²) in [7, 11) is 0. The fraction of sp³-hybridized carbons (Fsp3) is 0.571. The second kappa shape index (κ2) is 6.54. The second-order valence-electron chi connectivity index (χ2n) is 1.52. The molecule has 1 heteroatoms. The third-order valence-corrected chi connectivity index (χ3v) is 0.846. The molecule has 0 atom stereocenters. The van der Waals surface area contributed by atoms with Crippen LogP contribution in [-0.4, -0.2) is 6.61 Å². The number of ether oxygens (including phenoxy) is 1. The topological polar surface area (TPSA) is 9.23 Å². The lowest BCUT2D eigenvalue weighted by molar-refractivity contribution is 0.253. The number of rotatable bonds is 5. The van der Waals surface area contributed by atoms with E-state index in [1.807, 2.05) is 0 Å². The van der Waals surface area contributed by atoms with Crippen molar-refractivity contribution in [1.82, 2.24) is 0 Å². The highest BCUT2D eigenvalue weighted by Crippen LogP contribution is 1.91. The summed E-state index contributed by atoms with van der Waals surface area (Å²) >= 11 is 0. The van der Waals surface area contributed by atoms with Gasteiger partial charge in [0.1, 0.15) is 0 Å². The number of unbranched alkanes of at least 4 members (excludes halogenated alkanes) is 2. The molecule has 8 heavy (non-hydrogen) atoms. The predicted octanol–water partition coefficient (Wildman–Crippen LogP) is 2.15. The molecule has 0 saturated carbocycles. The van der Waals surface area contributed by atoms with Crippen LogP contribution in [0.5, 0.6) is 0 Å². The summed E-state index contributed by atoms with van der Waals surface area (Å²) < 4.78 is 4.87. The molecule has 0 bridgehead atoms. The van der Waals surface area contributed by atoms with Crippen LogP contribution in [0.3, 0.4) is 0 Å². The van der Waals surface area contributed by atoms with E-state index in [0.717, 1.165) is 19.4 Å². The van der Waals surface area contributed by atoms with Gasteiger partial charge in [0.15, 0.2) is 0 Å². The van der Waals surface area contributed by atoms with Crippen LogP contribution in [0.15, 0.2) is 12.8 Å². The molecule has 0 aromatic heterocycles. The summed E-state index contributed by atoms with van der Waals surface area (Å²) in [5.41, 5.74) is 0. The zero-order valence-electron chi connectivity index (χ0n) is 5.39. The van der Waals surface area contributed by atoms with Crippen LogP contribution in [0.4, 0.5) is 0 Å². The summed E-state index contributed by atoms with van der Waals surface area (Å²) in [5.74, 6) is 0. The maximum absolute atomic E-state index is 4.87. The minimum atomic E-state index is 0.775. The molecule has 0 spiro atoms. The Balaban J connectivity index is 2.62. The van der Waals surface area contributed by atoms with Crippen LogP contribution < -0.4 is 0 Å². The molecule has 0 unspecified atom stereocenters. The Morgan fingerprint density at radius 2 is 2.38 bits per heavy atom. The van der Waals surface area contributed by atoms with E-state index in [2.05, 4.69) is 19.9 Å². The van der Waals surface area contributed by atoms with Gasteiger partial charge in [0.25, 0.3) is 0 Å². The third kappa shape index (κ3) is 5.54. The van der Waals surface area contributed by atoms with E-state index in [1.165, 1.54) is 6.26 Å². The summed E-state index contributed by atoms with van der Waals surface area (Å²) in [6.45, 7) is 6.32. The van der Waals surface area contributed by atoms with Crippen molar-refractivity contribution in [1.29, 1.82) is 0 Å². The number of hydrogen-bond acceptors (Lipinski definition) is 1. The van der Waals surface area contributed by atoms with Crippen LogP contribution in [0, 0.1) is 6.42 Å². The Morgan fingerprint density at radius 3 is 2.88 bits per heavy atom. The van der Waals surface area contributed by atoms with Gasteiger partial charge < -0.3 is 4.74 Å². The van der Waals surface area contributed by atoms with E-state index < -0.39 is 0 Å². The molecular formula is C7H13O. The molecule has 0 aliphatic rings. The van der Waals surface area contributed by atoms with Gasteiger partial charge in [-0.25, -0.2) is 0 Å². The molecule has 1 nitrogen and oxygen atoms in total. The first-order valence-corrected chi connectivity index (χ1v) is 2.96. The maximum Gasteiger partial charge on any atom is 0.0875 e. The smallest absolute Gasteiger partial charge is 0.0875 e. The second-order valence-corrected chi connectivity index (χ2v) is 1.52. The molecule has 1 radical (unpaired) electrons. The monoisotopic (exact) mass is 113 g/mol. The van der Waals surface area contributed by atoms with Gasteiger partial charge in [0.05, 0.1) is 12.9 Å². The zero-order valence-corrected chi connectivity index (χ0v) is 5.39. The van der Waals surface area contributed by atoms with Crippen LogP contribution in [0.2, 0.25) is 0 Å². The van der Waals surface area contributed by atoms with Crippen LogP contribution in [0.1, 0.15) is 19.8 Å². The van der Waals surface area contributed by atoms with Crippen molar-refractivity contribution in [3.63, 3.8) is 0 Å². The van der Waals surface area contributed by atoms with E-state index in [9.17, 15) is 0 Å². The predicted molar refractivity (Wildman–Crippen MR) is 35.4 cm³/mol. The Kier molecular flexibility index (Phi) is 6.16. The van der Waals surface area contributed by atoms with Crippen LogP contribution in [0.25, 0.3) is 0 Å². The fourth-order valence-corrected chi connectivity index (χ4v) is 0.439. The van der Waals surface area contributed by atoms with Gasteiger partial charge in [-0.1, -0.05) is 19.9 Å². The molecular weight excluding hydrogens is 100 g/mol. The van der Waals surface area contributed by atoms with Crippen molar-refractivity contribution < 1.29 is 4.74 Å². The molecule has 0 amide bonds. The third-order valence-electron chi connectivity index (χ3n) is 0.846.